The van der Waals surface area contributed by atoms with Crippen molar-refractivity contribution in [2.24, 2.45) is 5.92 Å². The maximum atomic E-state index is 12.4. The number of hydrogen-bond acceptors (Lipinski definition) is 2. The van der Waals surface area contributed by atoms with Gasteiger partial charge in [0.25, 0.3) is 0 Å². The first-order chi connectivity index (χ1) is 10.1. The number of carboxylic acids is 1. The van der Waals surface area contributed by atoms with Gasteiger partial charge in [0.05, 0.1) is 0 Å². The van der Waals surface area contributed by atoms with Gasteiger partial charge in [-0.3, -0.25) is 4.79 Å². The molecule has 1 unspecified atom stereocenters. The maximum Gasteiger partial charge on any atom is 0.320 e. The molecule has 1 heterocycles. The van der Waals surface area contributed by atoms with Gasteiger partial charge in [0.1, 0.15) is 0 Å². The zero-order valence-corrected chi connectivity index (χ0v) is 12.4. The number of benzene rings is 1. The van der Waals surface area contributed by atoms with Crippen LogP contribution >= 0.6 is 0 Å². The summed E-state index contributed by atoms with van der Waals surface area (Å²) in [4.78, 5) is 26.5. The van der Waals surface area contributed by atoms with Crippen molar-refractivity contribution in [2.75, 3.05) is 20.1 Å². The van der Waals surface area contributed by atoms with Crippen molar-refractivity contribution in [1.82, 2.24) is 9.80 Å². The topological polar surface area (TPSA) is 60.9 Å². The van der Waals surface area contributed by atoms with Crippen molar-refractivity contribution in [3.8, 4) is 0 Å². The van der Waals surface area contributed by atoms with E-state index < -0.39 is 5.97 Å². The molecule has 1 aliphatic rings. The molecule has 21 heavy (non-hydrogen) atoms. The van der Waals surface area contributed by atoms with Crippen LogP contribution in [-0.4, -0.2) is 47.0 Å². The molecular weight excluding hydrogens is 268 g/mol. The van der Waals surface area contributed by atoms with Gasteiger partial charge >= 0.3 is 12.0 Å². The number of hydrogen-bond donors (Lipinski definition) is 1. The number of carbonyl (C=O) groups excluding carboxylic acids is 1. The van der Waals surface area contributed by atoms with Crippen LogP contribution in [0.1, 0.15) is 24.8 Å². The van der Waals surface area contributed by atoms with E-state index in [1.807, 2.05) is 35.2 Å². The quantitative estimate of drug-likeness (QED) is 0.906. The fourth-order valence-corrected chi connectivity index (χ4v) is 2.74. The van der Waals surface area contributed by atoms with Gasteiger partial charge in [0.2, 0.25) is 0 Å². The maximum absolute atomic E-state index is 12.4. The normalized spacial score (nSPS) is 17.8. The molecule has 1 N–H and O–H groups in total. The minimum atomic E-state index is -0.763. The van der Waals surface area contributed by atoms with Crippen LogP contribution in [0.25, 0.3) is 0 Å². The molecule has 1 aromatic carbocycles. The van der Waals surface area contributed by atoms with Crippen LogP contribution in [0.15, 0.2) is 30.3 Å². The van der Waals surface area contributed by atoms with Gasteiger partial charge in [-0.1, -0.05) is 30.3 Å². The van der Waals surface area contributed by atoms with E-state index in [0.717, 1.165) is 18.5 Å². The number of rotatable bonds is 5. The summed E-state index contributed by atoms with van der Waals surface area (Å²) < 4.78 is 0. The Morgan fingerprint density at radius 1 is 1.33 bits per heavy atom. The van der Waals surface area contributed by atoms with Crippen LogP contribution in [0.3, 0.4) is 0 Å². The van der Waals surface area contributed by atoms with Crippen molar-refractivity contribution in [3.63, 3.8) is 0 Å². The third kappa shape index (κ3) is 4.48. The summed E-state index contributed by atoms with van der Waals surface area (Å²) >= 11 is 0. The van der Waals surface area contributed by atoms with Crippen LogP contribution in [0.4, 0.5) is 4.79 Å². The third-order valence-electron chi connectivity index (χ3n) is 3.91. The van der Waals surface area contributed by atoms with E-state index in [9.17, 15) is 9.59 Å². The van der Waals surface area contributed by atoms with E-state index in [4.69, 9.17) is 5.11 Å². The number of amides is 2. The van der Waals surface area contributed by atoms with E-state index in [0.29, 0.717) is 25.4 Å². The second kappa shape index (κ2) is 7.11. The summed E-state index contributed by atoms with van der Waals surface area (Å²) in [5, 5.41) is 8.71. The van der Waals surface area contributed by atoms with E-state index >= 15 is 0 Å². The lowest BCUT2D eigenvalue weighted by Crippen LogP contribution is -2.39. The van der Waals surface area contributed by atoms with Crippen LogP contribution in [-0.2, 0) is 11.3 Å². The fourth-order valence-electron chi connectivity index (χ4n) is 2.74. The number of carboxylic acid groups (broad SMARTS) is 1. The van der Waals surface area contributed by atoms with Crippen LogP contribution in [0.2, 0.25) is 0 Å². The van der Waals surface area contributed by atoms with Crippen molar-refractivity contribution >= 4 is 12.0 Å². The van der Waals surface area contributed by atoms with E-state index in [1.165, 1.54) is 0 Å². The summed E-state index contributed by atoms with van der Waals surface area (Å²) in [5.41, 5.74) is 1.11. The van der Waals surface area contributed by atoms with Crippen molar-refractivity contribution in [1.29, 1.82) is 0 Å². The second-order valence-electron chi connectivity index (χ2n) is 5.66. The van der Waals surface area contributed by atoms with Gasteiger partial charge in [-0.05, 0) is 24.3 Å². The Balaban J connectivity index is 1.82. The molecule has 5 heteroatoms. The molecule has 0 radical (unpaired) electrons. The van der Waals surface area contributed by atoms with Crippen LogP contribution in [0, 0.1) is 5.92 Å². The largest absolute Gasteiger partial charge is 0.481 e. The highest BCUT2D eigenvalue weighted by atomic mass is 16.4. The molecule has 0 aliphatic carbocycles. The van der Waals surface area contributed by atoms with Gasteiger partial charge in [-0.25, -0.2) is 4.79 Å². The van der Waals surface area contributed by atoms with Crippen LogP contribution < -0.4 is 0 Å². The van der Waals surface area contributed by atoms with Crippen molar-refractivity contribution in [2.45, 2.75) is 25.8 Å². The predicted molar refractivity (Wildman–Crippen MR) is 79.9 cm³/mol. The first-order valence-electron chi connectivity index (χ1n) is 7.32. The molecule has 0 saturated carbocycles. The highest BCUT2D eigenvalue weighted by Crippen LogP contribution is 2.22. The highest BCUT2D eigenvalue weighted by molar-refractivity contribution is 5.74. The molecule has 5 nitrogen and oxygen atoms in total. The molecule has 114 valence electrons. The zero-order valence-electron chi connectivity index (χ0n) is 12.4. The summed E-state index contributed by atoms with van der Waals surface area (Å²) in [7, 11) is 1.81. The number of carbonyl (C=O) groups is 2. The zero-order chi connectivity index (χ0) is 15.2. The second-order valence-corrected chi connectivity index (χ2v) is 5.66. The Morgan fingerprint density at radius 3 is 2.71 bits per heavy atom. The van der Waals surface area contributed by atoms with Gasteiger partial charge in [-0.2, -0.15) is 0 Å². The molecule has 1 fully saturated rings. The Labute approximate surface area is 125 Å². The smallest absolute Gasteiger partial charge is 0.320 e. The standard InChI is InChI=1S/C16H22N2O3/c1-17(11-13-5-3-2-4-6-13)16(21)18-10-9-14(12-18)7-8-15(19)20/h2-6,14H,7-12H2,1H3,(H,19,20). The first-order valence-corrected chi connectivity index (χ1v) is 7.32. The predicted octanol–water partition coefficient (Wildman–Crippen LogP) is 2.43. The summed E-state index contributed by atoms with van der Waals surface area (Å²) in [5.74, 6) is -0.448. The number of urea groups is 1. The van der Waals surface area contributed by atoms with E-state index in [-0.39, 0.29) is 12.5 Å². The van der Waals surface area contributed by atoms with E-state index in [1.54, 1.807) is 11.9 Å². The van der Waals surface area contributed by atoms with Gasteiger partial charge in [-0.15, -0.1) is 0 Å². The minimum Gasteiger partial charge on any atom is -0.481 e. The molecule has 2 amide bonds. The van der Waals surface area contributed by atoms with E-state index in [2.05, 4.69) is 0 Å². The summed E-state index contributed by atoms with van der Waals surface area (Å²) in [6.07, 6.45) is 1.74. The SMILES string of the molecule is CN(Cc1ccccc1)C(=O)N1CCC(CCC(=O)O)C1. The van der Waals surface area contributed by atoms with Gasteiger partial charge in [0, 0.05) is 33.1 Å². The first kappa shape index (κ1) is 15.4. The average Bonchev–Trinajstić information content (AvgIpc) is 2.94. The Bertz CT molecular complexity index is 490. The van der Waals surface area contributed by atoms with Gasteiger partial charge in [0.15, 0.2) is 0 Å². The lowest BCUT2D eigenvalue weighted by Gasteiger charge is -2.24. The monoisotopic (exact) mass is 290 g/mol. The molecule has 0 aromatic heterocycles. The Morgan fingerprint density at radius 2 is 2.05 bits per heavy atom. The number of likely N-dealkylation sites (tertiary alicyclic amines) is 1. The average molecular weight is 290 g/mol. The highest BCUT2D eigenvalue weighted by Gasteiger charge is 2.28. The third-order valence-corrected chi connectivity index (χ3v) is 3.91. The molecular formula is C16H22N2O3. The number of aliphatic carboxylic acids is 1. The minimum absolute atomic E-state index is 0.0247. The molecule has 0 spiro atoms. The Kier molecular flexibility index (Phi) is 5.20. The molecule has 1 atom stereocenters. The summed E-state index contributed by atoms with van der Waals surface area (Å²) in [6.45, 7) is 1.99. The molecule has 2 rings (SSSR count). The lowest BCUT2D eigenvalue weighted by molar-refractivity contribution is -0.137. The fraction of sp³-hybridized carbons (Fsp3) is 0.500. The number of nitrogens with zero attached hydrogens (tertiary/aromatic N) is 2. The Hall–Kier alpha value is -2.04. The molecule has 0 bridgehead atoms. The lowest BCUT2D eigenvalue weighted by atomic mass is 10.0. The van der Waals surface area contributed by atoms with Crippen molar-refractivity contribution < 1.29 is 14.7 Å². The molecule has 1 saturated heterocycles. The van der Waals surface area contributed by atoms with Crippen LogP contribution in [0.5, 0.6) is 0 Å². The molecule has 1 aliphatic heterocycles. The van der Waals surface area contributed by atoms with Crippen molar-refractivity contribution in [3.05, 3.63) is 35.9 Å². The summed E-state index contributed by atoms with van der Waals surface area (Å²) in [6, 6.07) is 9.92. The van der Waals surface area contributed by atoms with Gasteiger partial charge < -0.3 is 14.9 Å². The molecule has 1 aromatic rings.